The molecule has 0 aliphatic carbocycles. The van der Waals surface area contributed by atoms with Gasteiger partial charge in [0.25, 0.3) is 6.29 Å². The third-order valence-electron chi connectivity index (χ3n) is 2.16. The van der Waals surface area contributed by atoms with E-state index in [2.05, 4.69) is 4.98 Å². The minimum atomic E-state index is -0.971. The molecular formula is C11H11NO5. The van der Waals surface area contributed by atoms with Crippen LogP contribution in [0.25, 0.3) is 0 Å². The summed E-state index contributed by atoms with van der Waals surface area (Å²) in [6, 6.07) is 3.40. The second-order valence-electron chi connectivity index (χ2n) is 3.52. The Morgan fingerprint density at radius 2 is 2.00 bits per heavy atom. The molecule has 0 radical (unpaired) electrons. The molecule has 0 saturated carbocycles. The van der Waals surface area contributed by atoms with Gasteiger partial charge in [-0.25, -0.2) is 4.98 Å². The molecule has 2 atom stereocenters. The fraction of sp³-hybridized carbons (Fsp3) is 0.364. The average Bonchev–Trinajstić information content (AvgIpc) is 2.55. The molecule has 6 nitrogen and oxygen atoms in total. The molecule has 0 bridgehead atoms. The second-order valence-corrected chi connectivity index (χ2v) is 3.52. The van der Waals surface area contributed by atoms with Gasteiger partial charge in [-0.1, -0.05) is 0 Å². The molecule has 6 heteroatoms. The summed E-state index contributed by atoms with van der Waals surface area (Å²) in [5, 5.41) is 0. The summed E-state index contributed by atoms with van der Waals surface area (Å²) in [7, 11) is 0. The molecule has 1 aliphatic heterocycles. The molecule has 1 aromatic heterocycles. The smallest absolute Gasteiger partial charge is 0.305 e. The largest absolute Gasteiger partial charge is 0.449 e. The van der Waals surface area contributed by atoms with Gasteiger partial charge in [-0.15, -0.1) is 0 Å². The van der Waals surface area contributed by atoms with Crippen molar-refractivity contribution in [3.05, 3.63) is 23.9 Å². The predicted octanol–water partition coefficient (Wildman–Crippen LogP) is 0.967. The van der Waals surface area contributed by atoms with Crippen molar-refractivity contribution >= 4 is 11.9 Å². The number of pyridine rings is 1. The van der Waals surface area contributed by atoms with E-state index in [-0.39, 0.29) is 0 Å². The molecule has 0 spiro atoms. The molecule has 0 amide bonds. The van der Waals surface area contributed by atoms with Crippen molar-refractivity contribution in [1.82, 2.24) is 4.98 Å². The van der Waals surface area contributed by atoms with Crippen molar-refractivity contribution in [2.24, 2.45) is 0 Å². The molecule has 0 saturated heterocycles. The van der Waals surface area contributed by atoms with Crippen LogP contribution >= 0.6 is 0 Å². The lowest BCUT2D eigenvalue weighted by Crippen LogP contribution is -2.27. The Balaban J connectivity index is 2.26. The highest BCUT2D eigenvalue weighted by Crippen LogP contribution is 2.37. The van der Waals surface area contributed by atoms with Gasteiger partial charge in [0.15, 0.2) is 0 Å². The van der Waals surface area contributed by atoms with Crippen LogP contribution in [0.15, 0.2) is 18.3 Å². The van der Waals surface area contributed by atoms with Gasteiger partial charge < -0.3 is 14.2 Å². The lowest BCUT2D eigenvalue weighted by molar-refractivity contribution is -0.184. The highest BCUT2D eigenvalue weighted by molar-refractivity contribution is 5.67. The highest BCUT2D eigenvalue weighted by Gasteiger charge is 2.40. The van der Waals surface area contributed by atoms with E-state index in [1.54, 1.807) is 18.3 Å². The van der Waals surface area contributed by atoms with Crippen molar-refractivity contribution in [2.45, 2.75) is 26.2 Å². The first kappa shape index (κ1) is 11.4. The summed E-state index contributed by atoms with van der Waals surface area (Å²) in [4.78, 5) is 25.9. The van der Waals surface area contributed by atoms with E-state index in [1.165, 1.54) is 13.8 Å². The fourth-order valence-electron chi connectivity index (χ4n) is 1.58. The lowest BCUT2D eigenvalue weighted by Gasteiger charge is -2.17. The molecule has 0 unspecified atom stereocenters. The lowest BCUT2D eigenvalue weighted by atomic mass is 10.2. The molecule has 0 fully saturated rings. The van der Waals surface area contributed by atoms with Crippen molar-refractivity contribution in [3.63, 3.8) is 0 Å². The number of carbonyl (C=O) groups is 2. The number of fused-ring (bicyclic) bond motifs is 1. The Morgan fingerprint density at radius 3 is 2.65 bits per heavy atom. The van der Waals surface area contributed by atoms with Crippen LogP contribution in [-0.2, 0) is 19.1 Å². The summed E-state index contributed by atoms with van der Waals surface area (Å²) in [6.45, 7) is 2.53. The SMILES string of the molecule is CC(=O)O[C@@H]1Oc2ncccc2[C@@H]1OC(C)=O. The first-order valence-corrected chi connectivity index (χ1v) is 5.04. The number of esters is 2. The minimum absolute atomic E-state index is 0.310. The molecule has 90 valence electrons. The Bertz CT molecular complexity index is 459. The number of carbonyl (C=O) groups excluding carboxylic acids is 2. The number of nitrogens with zero attached hydrogens (tertiary/aromatic N) is 1. The van der Waals surface area contributed by atoms with Crippen LogP contribution in [0.1, 0.15) is 25.5 Å². The maximum absolute atomic E-state index is 11.0. The summed E-state index contributed by atoms with van der Waals surface area (Å²) >= 11 is 0. The number of rotatable bonds is 2. The predicted molar refractivity (Wildman–Crippen MR) is 54.9 cm³/mol. The summed E-state index contributed by atoms with van der Waals surface area (Å²) in [5.74, 6) is -0.683. The maximum Gasteiger partial charge on any atom is 0.305 e. The van der Waals surface area contributed by atoms with Crippen LogP contribution in [0.5, 0.6) is 5.88 Å². The van der Waals surface area contributed by atoms with Crippen LogP contribution in [0.3, 0.4) is 0 Å². The number of hydrogen-bond donors (Lipinski definition) is 0. The van der Waals surface area contributed by atoms with Crippen LogP contribution in [0, 0.1) is 0 Å². The van der Waals surface area contributed by atoms with E-state index in [4.69, 9.17) is 14.2 Å². The standard InChI is InChI=1S/C11H11NO5/c1-6(13)15-9-8-4-3-5-12-10(8)17-11(9)16-7(2)14/h3-5,9,11H,1-2H3/t9-,11+/m0/s1. The van der Waals surface area contributed by atoms with Gasteiger partial charge in [0.2, 0.25) is 12.0 Å². The first-order valence-electron chi connectivity index (χ1n) is 5.04. The topological polar surface area (TPSA) is 74.7 Å². The van der Waals surface area contributed by atoms with Gasteiger partial charge in [-0.3, -0.25) is 9.59 Å². The van der Waals surface area contributed by atoms with E-state index in [9.17, 15) is 9.59 Å². The molecule has 2 rings (SSSR count). The van der Waals surface area contributed by atoms with E-state index in [0.717, 1.165) is 0 Å². The third kappa shape index (κ3) is 2.35. The maximum atomic E-state index is 11.0. The van der Waals surface area contributed by atoms with Gasteiger partial charge in [0, 0.05) is 20.0 Å². The van der Waals surface area contributed by atoms with Crippen LogP contribution in [-0.4, -0.2) is 23.2 Å². The Kier molecular flexibility index (Phi) is 2.95. The Labute approximate surface area is 97.5 Å². The first-order chi connectivity index (χ1) is 8.08. The van der Waals surface area contributed by atoms with Gasteiger partial charge in [-0.05, 0) is 12.1 Å². The van der Waals surface area contributed by atoms with E-state index in [0.29, 0.717) is 11.4 Å². The van der Waals surface area contributed by atoms with Crippen molar-refractivity contribution in [1.29, 1.82) is 0 Å². The van der Waals surface area contributed by atoms with Crippen LogP contribution in [0.4, 0.5) is 0 Å². The molecule has 17 heavy (non-hydrogen) atoms. The van der Waals surface area contributed by atoms with E-state index < -0.39 is 24.3 Å². The minimum Gasteiger partial charge on any atom is -0.449 e. The highest BCUT2D eigenvalue weighted by atomic mass is 16.7. The normalized spacial score (nSPS) is 21.3. The molecule has 1 aromatic rings. The zero-order valence-corrected chi connectivity index (χ0v) is 9.38. The van der Waals surface area contributed by atoms with E-state index >= 15 is 0 Å². The molecule has 2 heterocycles. The van der Waals surface area contributed by atoms with Gasteiger partial charge in [0.05, 0.1) is 5.56 Å². The summed E-state index contributed by atoms with van der Waals surface area (Å²) < 4.78 is 15.3. The molecular weight excluding hydrogens is 226 g/mol. The van der Waals surface area contributed by atoms with Crippen LogP contribution in [0.2, 0.25) is 0 Å². The third-order valence-corrected chi connectivity index (χ3v) is 2.16. The fourth-order valence-corrected chi connectivity index (χ4v) is 1.58. The quantitative estimate of drug-likeness (QED) is 0.713. The van der Waals surface area contributed by atoms with Crippen LogP contribution < -0.4 is 4.74 Å². The van der Waals surface area contributed by atoms with Gasteiger partial charge in [-0.2, -0.15) is 0 Å². The molecule has 1 aliphatic rings. The second kappa shape index (κ2) is 4.40. The zero-order valence-electron chi connectivity index (χ0n) is 9.38. The molecule has 0 N–H and O–H groups in total. The Morgan fingerprint density at radius 1 is 1.29 bits per heavy atom. The van der Waals surface area contributed by atoms with Crippen molar-refractivity contribution in [2.75, 3.05) is 0 Å². The molecule has 0 aromatic carbocycles. The average molecular weight is 237 g/mol. The monoisotopic (exact) mass is 237 g/mol. The van der Waals surface area contributed by atoms with Crippen molar-refractivity contribution in [3.8, 4) is 5.88 Å². The number of ether oxygens (including phenoxy) is 3. The van der Waals surface area contributed by atoms with Gasteiger partial charge in [0.1, 0.15) is 0 Å². The van der Waals surface area contributed by atoms with E-state index in [1.807, 2.05) is 0 Å². The summed E-state index contributed by atoms with van der Waals surface area (Å²) in [6.07, 6.45) is -0.193. The summed E-state index contributed by atoms with van der Waals surface area (Å²) in [5.41, 5.74) is 0.592. The van der Waals surface area contributed by atoms with Gasteiger partial charge >= 0.3 is 11.9 Å². The van der Waals surface area contributed by atoms with Crippen molar-refractivity contribution < 1.29 is 23.8 Å². The zero-order chi connectivity index (χ0) is 12.4. The number of aromatic nitrogens is 1. The number of hydrogen-bond acceptors (Lipinski definition) is 6. The Hall–Kier alpha value is -2.11.